The highest BCUT2D eigenvalue weighted by Gasteiger charge is 2.42. The van der Waals surface area contributed by atoms with Crippen LogP contribution in [-0.2, 0) is 33.4 Å². The Morgan fingerprint density at radius 2 is 1.33 bits per heavy atom. The first kappa shape index (κ1) is 23.4. The van der Waals surface area contributed by atoms with E-state index in [1.165, 1.54) is 14.2 Å². The molecule has 0 radical (unpaired) electrons. The molecule has 0 aromatic heterocycles. The van der Waals surface area contributed by atoms with Crippen molar-refractivity contribution < 1.29 is 33.4 Å². The Kier molecular flexibility index (Phi) is 8.44. The van der Waals surface area contributed by atoms with Crippen LogP contribution in [0.15, 0.2) is 22.5 Å². The number of nitrogens with one attached hydrogen (secondary N) is 1. The van der Waals surface area contributed by atoms with Crippen molar-refractivity contribution in [3.63, 3.8) is 0 Å². The average molecular weight is 422 g/mol. The van der Waals surface area contributed by atoms with Gasteiger partial charge in [-0.1, -0.05) is 19.3 Å². The first-order chi connectivity index (χ1) is 14.3. The summed E-state index contributed by atoms with van der Waals surface area (Å²) in [5.74, 6) is -4.06. The normalized spacial score (nSPS) is 18.2. The maximum atomic E-state index is 13.0. The van der Waals surface area contributed by atoms with Crippen molar-refractivity contribution in [2.75, 3.05) is 33.9 Å². The fourth-order valence-corrected chi connectivity index (χ4v) is 3.80. The number of allylic oxidation sites excluding steroid dienone is 2. The van der Waals surface area contributed by atoms with Gasteiger partial charge in [0.2, 0.25) is 0 Å². The SMILES string of the molecule is COC(=O)C1=C(C)NC(C)=C(C(=O)OC)C1C(=O)OCC(=O)N1CCCCCCC1. The Bertz CT molecular complexity index is 723. The molecule has 1 N–H and O–H groups in total. The number of esters is 3. The van der Waals surface area contributed by atoms with E-state index in [1.807, 2.05) is 0 Å². The third-order valence-electron chi connectivity index (χ3n) is 5.35. The maximum Gasteiger partial charge on any atom is 0.336 e. The van der Waals surface area contributed by atoms with Crippen LogP contribution in [0.1, 0.15) is 46.0 Å². The summed E-state index contributed by atoms with van der Waals surface area (Å²) in [6, 6.07) is 0. The van der Waals surface area contributed by atoms with E-state index >= 15 is 0 Å². The predicted octanol–water partition coefficient (Wildman–Crippen LogP) is 1.44. The van der Waals surface area contributed by atoms with Crippen molar-refractivity contribution in [3.8, 4) is 0 Å². The molecular weight excluding hydrogens is 392 g/mol. The first-order valence-corrected chi connectivity index (χ1v) is 10.1. The summed E-state index contributed by atoms with van der Waals surface area (Å²) in [5.41, 5.74) is 0.632. The van der Waals surface area contributed by atoms with Gasteiger partial charge in [-0.3, -0.25) is 9.59 Å². The highest BCUT2D eigenvalue weighted by Crippen LogP contribution is 2.32. The van der Waals surface area contributed by atoms with Gasteiger partial charge in [-0.25, -0.2) is 9.59 Å². The lowest BCUT2D eigenvalue weighted by Crippen LogP contribution is -2.40. The number of dihydropyridines is 1. The lowest BCUT2D eigenvalue weighted by atomic mass is 9.85. The maximum absolute atomic E-state index is 13.0. The Labute approximate surface area is 176 Å². The van der Waals surface area contributed by atoms with E-state index in [-0.39, 0.29) is 17.1 Å². The molecule has 30 heavy (non-hydrogen) atoms. The molecule has 2 aliphatic heterocycles. The lowest BCUT2D eigenvalue weighted by molar-refractivity contribution is -0.156. The lowest BCUT2D eigenvalue weighted by Gasteiger charge is -2.29. The zero-order chi connectivity index (χ0) is 22.3. The average Bonchev–Trinajstić information content (AvgIpc) is 2.69. The molecule has 0 spiro atoms. The number of ether oxygens (including phenoxy) is 3. The van der Waals surface area contributed by atoms with E-state index in [9.17, 15) is 19.2 Å². The molecule has 0 saturated carbocycles. The fraction of sp³-hybridized carbons (Fsp3) is 0.619. The van der Waals surface area contributed by atoms with Gasteiger partial charge < -0.3 is 24.4 Å². The second-order valence-corrected chi connectivity index (χ2v) is 7.37. The molecule has 2 aliphatic rings. The van der Waals surface area contributed by atoms with Crippen LogP contribution in [0.3, 0.4) is 0 Å². The number of hydrogen-bond acceptors (Lipinski definition) is 8. The van der Waals surface area contributed by atoms with Gasteiger partial charge in [0.05, 0.1) is 25.4 Å². The van der Waals surface area contributed by atoms with Crippen molar-refractivity contribution in [1.29, 1.82) is 0 Å². The van der Waals surface area contributed by atoms with Crippen molar-refractivity contribution in [1.82, 2.24) is 10.2 Å². The Balaban J connectivity index is 2.21. The summed E-state index contributed by atoms with van der Waals surface area (Å²) < 4.78 is 14.9. The number of carbonyl (C=O) groups excluding carboxylic acids is 4. The van der Waals surface area contributed by atoms with E-state index in [4.69, 9.17) is 14.2 Å². The van der Waals surface area contributed by atoms with Gasteiger partial charge >= 0.3 is 17.9 Å². The number of rotatable bonds is 5. The highest BCUT2D eigenvalue weighted by molar-refractivity contribution is 6.05. The summed E-state index contributed by atoms with van der Waals surface area (Å²) in [7, 11) is 2.36. The Morgan fingerprint density at radius 1 is 0.867 bits per heavy atom. The number of methoxy groups -OCH3 is 2. The monoisotopic (exact) mass is 422 g/mol. The molecule has 0 aromatic carbocycles. The molecule has 0 unspecified atom stereocenters. The minimum Gasteiger partial charge on any atom is -0.466 e. The number of carbonyl (C=O) groups is 4. The van der Waals surface area contributed by atoms with Gasteiger partial charge in [0.1, 0.15) is 5.92 Å². The molecule has 9 nitrogen and oxygen atoms in total. The van der Waals surface area contributed by atoms with Gasteiger partial charge in [0.15, 0.2) is 6.61 Å². The van der Waals surface area contributed by atoms with Crippen LogP contribution in [0, 0.1) is 5.92 Å². The van der Waals surface area contributed by atoms with Crippen molar-refractivity contribution in [2.24, 2.45) is 5.92 Å². The van der Waals surface area contributed by atoms with E-state index in [1.54, 1.807) is 18.7 Å². The van der Waals surface area contributed by atoms with Gasteiger partial charge in [-0.15, -0.1) is 0 Å². The zero-order valence-corrected chi connectivity index (χ0v) is 18.0. The standard InChI is InChI=1S/C21H30N2O7/c1-13-16(19(25)28-3)18(17(14(2)22-13)20(26)29-4)21(27)30-12-15(24)23-10-8-6-5-7-9-11-23/h18,22H,5-12H2,1-4H3. The second-order valence-electron chi connectivity index (χ2n) is 7.37. The van der Waals surface area contributed by atoms with E-state index in [2.05, 4.69) is 5.32 Å². The first-order valence-electron chi connectivity index (χ1n) is 10.1. The van der Waals surface area contributed by atoms with Crippen LogP contribution < -0.4 is 5.32 Å². The fourth-order valence-electron chi connectivity index (χ4n) is 3.80. The van der Waals surface area contributed by atoms with Gasteiger partial charge in [0.25, 0.3) is 5.91 Å². The topological polar surface area (TPSA) is 111 Å². The van der Waals surface area contributed by atoms with Gasteiger partial charge in [-0.2, -0.15) is 0 Å². The molecule has 1 amide bonds. The summed E-state index contributed by atoms with van der Waals surface area (Å²) in [4.78, 5) is 51.9. The minimum atomic E-state index is -1.34. The van der Waals surface area contributed by atoms with Crippen molar-refractivity contribution in [2.45, 2.75) is 46.0 Å². The molecule has 0 atom stereocenters. The van der Waals surface area contributed by atoms with Crippen molar-refractivity contribution in [3.05, 3.63) is 22.5 Å². The molecule has 166 valence electrons. The van der Waals surface area contributed by atoms with Crippen LogP contribution in [0.5, 0.6) is 0 Å². The van der Waals surface area contributed by atoms with E-state index in [0.29, 0.717) is 24.5 Å². The summed E-state index contributed by atoms with van der Waals surface area (Å²) in [6.07, 6.45) is 5.12. The van der Waals surface area contributed by atoms with Gasteiger partial charge in [0, 0.05) is 24.5 Å². The zero-order valence-electron chi connectivity index (χ0n) is 18.0. The number of amides is 1. The Morgan fingerprint density at radius 3 is 1.80 bits per heavy atom. The largest absolute Gasteiger partial charge is 0.466 e. The van der Waals surface area contributed by atoms with Crippen LogP contribution in [-0.4, -0.2) is 62.6 Å². The summed E-state index contributed by atoms with van der Waals surface area (Å²) >= 11 is 0. The molecule has 2 rings (SSSR count). The molecule has 9 heteroatoms. The molecule has 1 saturated heterocycles. The second kappa shape index (κ2) is 10.8. The molecule has 1 fully saturated rings. The number of likely N-dealkylation sites (tertiary alicyclic amines) is 1. The molecule has 0 aliphatic carbocycles. The van der Waals surface area contributed by atoms with Crippen LogP contribution in [0.2, 0.25) is 0 Å². The van der Waals surface area contributed by atoms with E-state index in [0.717, 1.165) is 32.1 Å². The molecule has 0 bridgehead atoms. The molecule has 2 heterocycles. The third-order valence-corrected chi connectivity index (χ3v) is 5.35. The quantitative estimate of drug-likeness (QED) is 0.523. The summed E-state index contributed by atoms with van der Waals surface area (Å²) in [5, 5.41) is 2.90. The summed E-state index contributed by atoms with van der Waals surface area (Å²) in [6.45, 7) is 3.99. The van der Waals surface area contributed by atoms with Crippen LogP contribution >= 0.6 is 0 Å². The van der Waals surface area contributed by atoms with Crippen LogP contribution in [0.4, 0.5) is 0 Å². The van der Waals surface area contributed by atoms with Crippen molar-refractivity contribution >= 4 is 23.8 Å². The molecular formula is C21H30N2O7. The van der Waals surface area contributed by atoms with Crippen LogP contribution in [0.25, 0.3) is 0 Å². The Hall–Kier alpha value is -2.84. The van der Waals surface area contributed by atoms with Gasteiger partial charge in [-0.05, 0) is 26.7 Å². The molecule has 0 aromatic rings. The number of nitrogens with zero attached hydrogens (tertiary/aromatic N) is 1. The van der Waals surface area contributed by atoms with E-state index < -0.39 is 30.4 Å². The number of hydrogen-bond donors (Lipinski definition) is 1. The minimum absolute atomic E-state index is 0.0489. The third kappa shape index (κ3) is 5.40. The smallest absolute Gasteiger partial charge is 0.336 e. The predicted molar refractivity (Wildman–Crippen MR) is 107 cm³/mol. The highest BCUT2D eigenvalue weighted by atomic mass is 16.5.